The molecule has 0 aliphatic heterocycles. The van der Waals surface area contributed by atoms with E-state index in [1.165, 1.54) is 6.92 Å². The fraction of sp³-hybridized carbons (Fsp3) is 0.0625. The van der Waals surface area contributed by atoms with Gasteiger partial charge < -0.3 is 4.42 Å². The van der Waals surface area contributed by atoms with Crippen molar-refractivity contribution >= 4 is 16.6 Å². The van der Waals surface area contributed by atoms with Gasteiger partial charge in [-0.1, -0.05) is 42.5 Å². The van der Waals surface area contributed by atoms with E-state index in [-0.39, 0.29) is 5.78 Å². The summed E-state index contributed by atoms with van der Waals surface area (Å²) in [5.41, 5.74) is 1.01. The third kappa shape index (κ3) is 1.72. The van der Waals surface area contributed by atoms with Gasteiger partial charge in [-0.15, -0.1) is 0 Å². The maximum absolute atomic E-state index is 11.3. The zero-order valence-corrected chi connectivity index (χ0v) is 10.0. The van der Waals surface area contributed by atoms with Crippen LogP contribution in [-0.4, -0.2) is 5.78 Å². The van der Waals surface area contributed by atoms with Crippen molar-refractivity contribution in [3.05, 3.63) is 60.4 Å². The molecular weight excluding hydrogens is 224 g/mol. The Bertz CT molecular complexity index is 717. The minimum absolute atomic E-state index is 0.0542. The van der Waals surface area contributed by atoms with Gasteiger partial charge in [-0.25, -0.2) is 0 Å². The van der Waals surface area contributed by atoms with Crippen LogP contribution in [0.25, 0.3) is 22.1 Å². The lowest BCUT2D eigenvalue weighted by atomic mass is 10.0. The Morgan fingerprint density at radius 2 is 1.72 bits per heavy atom. The van der Waals surface area contributed by atoms with Gasteiger partial charge >= 0.3 is 0 Å². The Morgan fingerprint density at radius 3 is 2.50 bits per heavy atom. The van der Waals surface area contributed by atoms with E-state index in [9.17, 15) is 4.79 Å². The first-order chi connectivity index (χ1) is 8.75. The van der Waals surface area contributed by atoms with Crippen LogP contribution in [0.2, 0.25) is 0 Å². The van der Waals surface area contributed by atoms with Crippen LogP contribution in [-0.2, 0) is 0 Å². The molecule has 2 nitrogen and oxygen atoms in total. The van der Waals surface area contributed by atoms with E-state index < -0.39 is 0 Å². The number of carbonyl (C=O) groups excluding carboxylic acids is 1. The zero-order valence-electron chi connectivity index (χ0n) is 10.0. The smallest absolute Gasteiger partial charge is 0.194 e. The van der Waals surface area contributed by atoms with Gasteiger partial charge in [0.15, 0.2) is 11.5 Å². The molecule has 88 valence electrons. The highest BCUT2D eigenvalue weighted by Gasteiger charge is 2.10. The SMILES string of the molecule is CC(=O)c1ccc(-c2cccc3ccccc23)o1. The summed E-state index contributed by atoms with van der Waals surface area (Å²) < 4.78 is 5.59. The summed E-state index contributed by atoms with van der Waals surface area (Å²) in [6.07, 6.45) is 0. The standard InChI is InChI=1S/C16H12O2/c1-11(17)15-9-10-16(18-15)14-8-4-6-12-5-2-3-7-13(12)14/h2-10H,1H3. The van der Waals surface area contributed by atoms with Crippen LogP contribution < -0.4 is 0 Å². The minimum Gasteiger partial charge on any atom is -0.453 e. The van der Waals surface area contributed by atoms with E-state index in [1.807, 2.05) is 30.3 Å². The number of carbonyl (C=O) groups is 1. The molecule has 1 aromatic heterocycles. The first kappa shape index (κ1) is 10.8. The Hall–Kier alpha value is -2.35. The third-order valence-electron chi connectivity index (χ3n) is 3.01. The Kier molecular flexibility index (Phi) is 2.49. The largest absolute Gasteiger partial charge is 0.453 e. The second kappa shape index (κ2) is 4.15. The Labute approximate surface area is 105 Å². The average molecular weight is 236 g/mol. The lowest BCUT2D eigenvalue weighted by molar-refractivity contribution is 0.0988. The van der Waals surface area contributed by atoms with E-state index in [0.717, 1.165) is 22.1 Å². The number of hydrogen-bond acceptors (Lipinski definition) is 2. The number of Topliss-reactive ketones (excluding diaryl/α,β-unsaturated/α-hetero) is 1. The first-order valence-corrected chi connectivity index (χ1v) is 5.84. The molecule has 3 rings (SSSR count). The summed E-state index contributed by atoms with van der Waals surface area (Å²) in [6, 6.07) is 17.8. The Balaban J connectivity index is 2.21. The van der Waals surface area contributed by atoms with E-state index in [0.29, 0.717) is 5.76 Å². The van der Waals surface area contributed by atoms with Crippen LogP contribution in [0.4, 0.5) is 0 Å². The molecule has 0 aliphatic rings. The molecule has 0 unspecified atom stereocenters. The van der Waals surface area contributed by atoms with Crippen LogP contribution >= 0.6 is 0 Å². The summed E-state index contributed by atoms with van der Waals surface area (Å²) in [4.78, 5) is 11.3. The molecule has 0 fully saturated rings. The van der Waals surface area contributed by atoms with Crippen molar-refractivity contribution in [2.24, 2.45) is 0 Å². The van der Waals surface area contributed by atoms with Gasteiger partial charge in [-0.2, -0.15) is 0 Å². The molecule has 3 aromatic rings. The molecule has 0 atom stereocenters. The number of ketones is 1. The molecule has 0 spiro atoms. The quantitative estimate of drug-likeness (QED) is 0.621. The van der Waals surface area contributed by atoms with Crippen molar-refractivity contribution in [3.63, 3.8) is 0 Å². The van der Waals surface area contributed by atoms with Crippen LogP contribution in [0.5, 0.6) is 0 Å². The van der Waals surface area contributed by atoms with Crippen LogP contribution in [0, 0.1) is 0 Å². The summed E-state index contributed by atoms with van der Waals surface area (Å²) in [5.74, 6) is 1.08. The van der Waals surface area contributed by atoms with E-state index in [1.54, 1.807) is 6.07 Å². The normalized spacial score (nSPS) is 10.7. The second-order valence-electron chi connectivity index (χ2n) is 4.25. The number of furan rings is 1. The van der Waals surface area contributed by atoms with Crippen LogP contribution in [0.1, 0.15) is 17.5 Å². The average Bonchev–Trinajstić information content (AvgIpc) is 2.87. The fourth-order valence-corrected chi connectivity index (χ4v) is 2.11. The highest BCUT2D eigenvalue weighted by molar-refractivity contribution is 5.96. The second-order valence-corrected chi connectivity index (χ2v) is 4.25. The highest BCUT2D eigenvalue weighted by atomic mass is 16.3. The van der Waals surface area contributed by atoms with E-state index in [4.69, 9.17) is 4.42 Å². The fourth-order valence-electron chi connectivity index (χ4n) is 2.11. The summed E-state index contributed by atoms with van der Waals surface area (Å²) in [7, 11) is 0. The molecule has 1 heterocycles. The molecule has 0 saturated heterocycles. The van der Waals surface area contributed by atoms with Gasteiger partial charge in [0.2, 0.25) is 0 Å². The zero-order chi connectivity index (χ0) is 12.5. The van der Waals surface area contributed by atoms with E-state index >= 15 is 0 Å². The van der Waals surface area contributed by atoms with Crippen LogP contribution in [0.3, 0.4) is 0 Å². The van der Waals surface area contributed by atoms with Crippen molar-refractivity contribution in [2.75, 3.05) is 0 Å². The number of hydrogen-bond donors (Lipinski definition) is 0. The summed E-state index contributed by atoms with van der Waals surface area (Å²) in [6.45, 7) is 1.51. The van der Waals surface area contributed by atoms with Gasteiger partial charge in [0.05, 0.1) is 0 Å². The van der Waals surface area contributed by atoms with Gasteiger partial charge in [0.1, 0.15) is 5.76 Å². The highest BCUT2D eigenvalue weighted by Crippen LogP contribution is 2.29. The van der Waals surface area contributed by atoms with Crippen molar-refractivity contribution in [3.8, 4) is 11.3 Å². The molecule has 0 bridgehead atoms. The van der Waals surface area contributed by atoms with Crippen LogP contribution in [0.15, 0.2) is 59.0 Å². The molecule has 2 heteroatoms. The van der Waals surface area contributed by atoms with Gasteiger partial charge in [-0.05, 0) is 22.9 Å². The molecule has 0 N–H and O–H groups in total. The molecule has 0 amide bonds. The van der Waals surface area contributed by atoms with Crippen molar-refractivity contribution in [1.29, 1.82) is 0 Å². The monoisotopic (exact) mass is 236 g/mol. The number of rotatable bonds is 2. The molecule has 18 heavy (non-hydrogen) atoms. The predicted octanol–water partition coefficient (Wildman–Crippen LogP) is 4.30. The molecular formula is C16H12O2. The van der Waals surface area contributed by atoms with Crippen molar-refractivity contribution in [1.82, 2.24) is 0 Å². The maximum Gasteiger partial charge on any atom is 0.194 e. The lowest BCUT2D eigenvalue weighted by Crippen LogP contribution is -1.86. The van der Waals surface area contributed by atoms with Gasteiger partial charge in [0.25, 0.3) is 0 Å². The number of fused-ring (bicyclic) bond motifs is 1. The van der Waals surface area contributed by atoms with Gasteiger partial charge in [-0.3, -0.25) is 4.79 Å². The van der Waals surface area contributed by atoms with E-state index in [2.05, 4.69) is 18.2 Å². The number of benzene rings is 2. The molecule has 0 aliphatic carbocycles. The van der Waals surface area contributed by atoms with Gasteiger partial charge in [0, 0.05) is 12.5 Å². The lowest BCUT2D eigenvalue weighted by Gasteiger charge is -2.03. The molecule has 0 radical (unpaired) electrons. The third-order valence-corrected chi connectivity index (χ3v) is 3.01. The predicted molar refractivity (Wildman–Crippen MR) is 71.7 cm³/mol. The topological polar surface area (TPSA) is 30.2 Å². The molecule has 0 saturated carbocycles. The first-order valence-electron chi connectivity index (χ1n) is 5.84. The Morgan fingerprint density at radius 1 is 0.944 bits per heavy atom. The summed E-state index contributed by atoms with van der Waals surface area (Å²) >= 11 is 0. The molecule has 2 aromatic carbocycles. The van der Waals surface area contributed by atoms with Crippen molar-refractivity contribution in [2.45, 2.75) is 6.92 Å². The maximum atomic E-state index is 11.3. The minimum atomic E-state index is -0.0542. The van der Waals surface area contributed by atoms with Crippen molar-refractivity contribution < 1.29 is 9.21 Å². The summed E-state index contributed by atoms with van der Waals surface area (Å²) in [5, 5.41) is 2.29.